The van der Waals surface area contributed by atoms with Crippen LogP contribution in [0.5, 0.6) is 0 Å². The van der Waals surface area contributed by atoms with Crippen LogP contribution in [0.2, 0.25) is 0 Å². The lowest BCUT2D eigenvalue weighted by atomic mass is 9.76. The molecule has 1 saturated carbocycles. The van der Waals surface area contributed by atoms with Crippen LogP contribution in [0.15, 0.2) is 71.8 Å². The number of carbonyl (C=O) groups is 2. The Hall–Kier alpha value is -4.20. The second-order valence-electron chi connectivity index (χ2n) is 8.17. The number of anilines is 1. The van der Waals surface area contributed by atoms with Gasteiger partial charge in [-0.15, -0.1) is 0 Å². The molecule has 1 amide bonds. The third-order valence-corrected chi connectivity index (χ3v) is 5.72. The summed E-state index contributed by atoms with van der Waals surface area (Å²) in [7, 11) is 0. The number of amides is 1. The number of nitrogens with one attached hydrogen (secondary N) is 1. The first-order valence-corrected chi connectivity index (χ1v) is 10.7. The third kappa shape index (κ3) is 5.66. The number of ketones is 1. The van der Waals surface area contributed by atoms with E-state index >= 15 is 0 Å². The molecule has 0 unspecified atom stereocenters. The molecule has 2 N–H and O–H groups in total. The molecule has 35 heavy (non-hydrogen) atoms. The van der Waals surface area contributed by atoms with Crippen LogP contribution in [0.25, 0.3) is 12.2 Å². The number of allylic oxidation sites excluding steroid dienone is 2. The van der Waals surface area contributed by atoms with E-state index in [1.807, 2.05) is 0 Å². The highest BCUT2D eigenvalue weighted by Gasteiger charge is 2.29. The maximum absolute atomic E-state index is 13.7. The van der Waals surface area contributed by atoms with Gasteiger partial charge in [-0.1, -0.05) is 24.3 Å². The van der Waals surface area contributed by atoms with Gasteiger partial charge in [-0.25, -0.2) is 22.4 Å². The Bertz CT molecular complexity index is 1290. The van der Waals surface area contributed by atoms with Crippen molar-refractivity contribution in [2.45, 2.75) is 18.8 Å². The maximum atomic E-state index is 13.7. The molecule has 4 rings (SSSR count). The van der Waals surface area contributed by atoms with Crippen molar-refractivity contribution in [3.8, 4) is 0 Å². The summed E-state index contributed by atoms with van der Waals surface area (Å²) >= 11 is 0. The van der Waals surface area contributed by atoms with E-state index in [0.29, 0.717) is 40.8 Å². The van der Waals surface area contributed by atoms with Gasteiger partial charge in [-0.3, -0.25) is 10.1 Å². The molecule has 0 radical (unpaired) electrons. The first-order valence-electron chi connectivity index (χ1n) is 10.7. The van der Waals surface area contributed by atoms with Crippen molar-refractivity contribution in [3.63, 3.8) is 0 Å². The number of Topliss-reactive ketones (excluding diaryl/α,β-unsaturated/α-hetero) is 1. The maximum Gasteiger partial charge on any atom is 0.409 e. The molecule has 0 atom stereocenters. The van der Waals surface area contributed by atoms with Gasteiger partial charge in [0.2, 0.25) is 0 Å². The minimum Gasteiger partial charge on any atom is -0.465 e. The second kappa shape index (κ2) is 9.97. The number of benzene rings is 3. The Morgan fingerprint density at radius 2 is 1.26 bits per heavy atom. The number of rotatable bonds is 4. The Morgan fingerprint density at radius 1 is 0.771 bits per heavy atom. The summed E-state index contributed by atoms with van der Waals surface area (Å²) in [6.07, 6.45) is 2.35. The van der Waals surface area contributed by atoms with Gasteiger partial charge in [0.15, 0.2) is 29.1 Å². The van der Waals surface area contributed by atoms with Crippen molar-refractivity contribution < 1.29 is 32.3 Å². The van der Waals surface area contributed by atoms with Gasteiger partial charge in [0.05, 0.1) is 0 Å². The molecule has 4 nitrogen and oxygen atoms in total. The highest BCUT2D eigenvalue weighted by atomic mass is 19.2. The van der Waals surface area contributed by atoms with Crippen molar-refractivity contribution in [1.29, 1.82) is 0 Å². The lowest BCUT2D eigenvalue weighted by Gasteiger charge is -2.26. The molecule has 0 bridgehead atoms. The van der Waals surface area contributed by atoms with Crippen LogP contribution in [0, 0.1) is 23.3 Å². The number of carbonyl (C=O) groups excluding carboxylic acids is 1. The molecule has 0 heterocycles. The molecule has 0 saturated heterocycles. The lowest BCUT2D eigenvalue weighted by molar-refractivity contribution is -0.113. The topological polar surface area (TPSA) is 66.4 Å². The first-order chi connectivity index (χ1) is 16.7. The van der Waals surface area contributed by atoms with Gasteiger partial charge < -0.3 is 5.11 Å². The second-order valence-corrected chi connectivity index (χ2v) is 8.17. The summed E-state index contributed by atoms with van der Waals surface area (Å²) in [5, 5.41) is 11.1. The normalized spacial score (nSPS) is 18.2. The van der Waals surface area contributed by atoms with Gasteiger partial charge in [0, 0.05) is 16.8 Å². The molecule has 1 aliphatic carbocycles. The van der Waals surface area contributed by atoms with E-state index in [9.17, 15) is 27.2 Å². The molecular formula is C27H19F4NO3. The lowest BCUT2D eigenvalue weighted by Crippen LogP contribution is -2.19. The molecule has 3 aromatic rings. The van der Waals surface area contributed by atoms with Gasteiger partial charge in [-0.2, -0.15) is 0 Å². The molecule has 1 aliphatic rings. The number of halogens is 4. The van der Waals surface area contributed by atoms with Crippen LogP contribution in [-0.4, -0.2) is 17.0 Å². The number of hydrogen-bond acceptors (Lipinski definition) is 2. The molecule has 1 fully saturated rings. The summed E-state index contributed by atoms with van der Waals surface area (Å²) in [5.41, 5.74) is 2.49. The molecule has 8 heteroatoms. The van der Waals surface area contributed by atoms with Crippen LogP contribution < -0.4 is 5.32 Å². The van der Waals surface area contributed by atoms with Crippen molar-refractivity contribution in [2.24, 2.45) is 0 Å². The molecule has 178 valence electrons. The van der Waals surface area contributed by atoms with Crippen molar-refractivity contribution in [1.82, 2.24) is 0 Å². The van der Waals surface area contributed by atoms with Crippen LogP contribution in [0.4, 0.5) is 28.0 Å². The van der Waals surface area contributed by atoms with Gasteiger partial charge >= 0.3 is 6.09 Å². The van der Waals surface area contributed by atoms with Gasteiger partial charge in [0.25, 0.3) is 0 Å². The Kier molecular flexibility index (Phi) is 6.82. The van der Waals surface area contributed by atoms with E-state index in [0.717, 1.165) is 29.8 Å². The van der Waals surface area contributed by atoms with Crippen molar-refractivity contribution in [3.05, 3.63) is 112 Å². The predicted octanol–water partition coefficient (Wildman–Crippen LogP) is 6.95. The molecule has 0 aromatic heterocycles. The zero-order chi connectivity index (χ0) is 25.1. The minimum absolute atomic E-state index is 0.209. The van der Waals surface area contributed by atoms with E-state index in [2.05, 4.69) is 5.32 Å². The standard InChI is InChI=1S/C27H19F4NO3/c28-22-7-1-15(11-24(22)30)9-19-13-18(17-3-5-21(6-4-17)32-27(34)35)14-20(26(19)33)10-16-2-8-23(29)25(31)12-16/h1-12,18,32H,13-14H2,(H,34,35)/b19-9+,20-10+. The quantitative estimate of drug-likeness (QED) is 0.313. The van der Waals surface area contributed by atoms with E-state index in [4.69, 9.17) is 5.11 Å². The summed E-state index contributed by atoms with van der Waals surface area (Å²) in [6, 6.07) is 13.3. The highest BCUT2D eigenvalue weighted by Crippen LogP contribution is 2.39. The summed E-state index contributed by atoms with van der Waals surface area (Å²) in [6.45, 7) is 0. The number of hydrogen-bond donors (Lipinski definition) is 2. The Balaban J connectivity index is 1.73. The Morgan fingerprint density at radius 3 is 1.69 bits per heavy atom. The zero-order valence-electron chi connectivity index (χ0n) is 18.2. The highest BCUT2D eigenvalue weighted by molar-refractivity contribution is 6.14. The molecular weight excluding hydrogens is 462 g/mol. The summed E-state index contributed by atoms with van der Waals surface area (Å²) in [4.78, 5) is 24.1. The fourth-order valence-electron chi connectivity index (χ4n) is 4.05. The van der Waals surface area contributed by atoms with Crippen LogP contribution >= 0.6 is 0 Å². The van der Waals surface area contributed by atoms with E-state index < -0.39 is 29.4 Å². The monoisotopic (exact) mass is 481 g/mol. The first kappa shape index (κ1) is 23.9. The van der Waals surface area contributed by atoms with Crippen LogP contribution in [0.1, 0.15) is 35.4 Å². The van der Waals surface area contributed by atoms with E-state index in [1.165, 1.54) is 24.3 Å². The van der Waals surface area contributed by atoms with Crippen LogP contribution in [0.3, 0.4) is 0 Å². The smallest absolute Gasteiger partial charge is 0.409 e. The van der Waals surface area contributed by atoms with E-state index in [1.54, 1.807) is 24.3 Å². The largest absolute Gasteiger partial charge is 0.465 e. The van der Waals surface area contributed by atoms with Crippen LogP contribution in [-0.2, 0) is 4.79 Å². The van der Waals surface area contributed by atoms with Crippen molar-refractivity contribution in [2.75, 3.05) is 5.32 Å². The zero-order valence-corrected chi connectivity index (χ0v) is 18.2. The molecule has 0 spiro atoms. The van der Waals surface area contributed by atoms with E-state index in [-0.39, 0.29) is 11.7 Å². The predicted molar refractivity (Wildman–Crippen MR) is 124 cm³/mol. The number of carboxylic acid groups (broad SMARTS) is 1. The minimum atomic E-state index is -1.20. The molecule has 3 aromatic carbocycles. The fourth-order valence-corrected chi connectivity index (χ4v) is 4.05. The van der Waals surface area contributed by atoms with Crippen molar-refractivity contribution >= 4 is 29.7 Å². The summed E-state index contributed by atoms with van der Waals surface area (Å²) in [5.74, 6) is -4.64. The van der Waals surface area contributed by atoms with Gasteiger partial charge in [0.1, 0.15) is 0 Å². The third-order valence-electron chi connectivity index (χ3n) is 5.72. The summed E-state index contributed by atoms with van der Waals surface area (Å²) < 4.78 is 54.1. The average molecular weight is 481 g/mol. The average Bonchev–Trinajstić information content (AvgIpc) is 2.81. The molecule has 0 aliphatic heterocycles. The van der Waals surface area contributed by atoms with Gasteiger partial charge in [-0.05, 0) is 84.0 Å². The fraction of sp³-hybridized carbons (Fsp3) is 0.111. The SMILES string of the molecule is O=C(O)Nc1ccc(C2C/C(=C\c3ccc(F)c(F)c3)C(=O)/C(=C/c3ccc(F)c(F)c3)C2)cc1. The Labute approximate surface area is 198 Å².